The highest BCUT2D eigenvalue weighted by molar-refractivity contribution is 7.45. The average molecular weight is 951 g/mol. The highest BCUT2D eigenvalue weighted by Crippen LogP contribution is 2.38. The molecule has 1 amide bonds. The fraction of sp³-hybridized carbons (Fsp3) is 0.877. The van der Waals surface area contributed by atoms with E-state index in [0.717, 1.165) is 44.9 Å². The molecule has 2 N–H and O–H groups in total. The van der Waals surface area contributed by atoms with E-state index in [-0.39, 0.29) is 12.5 Å². The summed E-state index contributed by atoms with van der Waals surface area (Å²) in [5.41, 5.74) is 0. The van der Waals surface area contributed by atoms with Crippen molar-refractivity contribution < 1.29 is 32.9 Å². The number of aliphatic hydroxyl groups is 1. The van der Waals surface area contributed by atoms with Crippen LogP contribution in [0.3, 0.4) is 0 Å². The molecule has 0 bridgehead atoms. The van der Waals surface area contributed by atoms with Crippen LogP contribution < -0.4 is 10.2 Å². The zero-order valence-corrected chi connectivity index (χ0v) is 45.3. The first-order chi connectivity index (χ1) is 32.0. The molecule has 0 spiro atoms. The number of nitrogens with zero attached hydrogens (tertiary/aromatic N) is 1. The second-order valence-corrected chi connectivity index (χ2v) is 22.0. The first-order valence-corrected chi connectivity index (χ1v) is 29.8. The Labute approximate surface area is 410 Å². The summed E-state index contributed by atoms with van der Waals surface area (Å²) in [6.07, 6.45) is 62.5. The van der Waals surface area contributed by atoms with Gasteiger partial charge in [-0.05, 0) is 44.9 Å². The van der Waals surface area contributed by atoms with Crippen molar-refractivity contribution in [3.05, 3.63) is 36.5 Å². The predicted molar refractivity (Wildman–Crippen MR) is 284 cm³/mol. The van der Waals surface area contributed by atoms with Crippen LogP contribution in [0.4, 0.5) is 0 Å². The third kappa shape index (κ3) is 50.6. The smallest absolute Gasteiger partial charge is 0.268 e. The van der Waals surface area contributed by atoms with E-state index in [4.69, 9.17) is 9.05 Å². The minimum atomic E-state index is -4.60. The van der Waals surface area contributed by atoms with Gasteiger partial charge in [0, 0.05) is 6.42 Å². The zero-order chi connectivity index (χ0) is 48.5. The molecule has 3 atom stereocenters. The van der Waals surface area contributed by atoms with Gasteiger partial charge in [-0.2, -0.15) is 0 Å². The predicted octanol–water partition coefficient (Wildman–Crippen LogP) is 16.4. The lowest BCUT2D eigenvalue weighted by molar-refractivity contribution is -0.870. The lowest BCUT2D eigenvalue weighted by Crippen LogP contribution is -2.45. The summed E-state index contributed by atoms with van der Waals surface area (Å²) in [5.74, 6) is -0.210. The molecule has 0 aromatic heterocycles. The normalized spacial score (nSPS) is 14.2. The fourth-order valence-electron chi connectivity index (χ4n) is 8.36. The Morgan fingerprint density at radius 3 is 1.23 bits per heavy atom. The molecular formula is C57H111N2O6P. The van der Waals surface area contributed by atoms with E-state index in [0.29, 0.717) is 17.4 Å². The van der Waals surface area contributed by atoms with Crippen molar-refractivity contribution in [3.63, 3.8) is 0 Å². The van der Waals surface area contributed by atoms with Crippen LogP contribution >= 0.6 is 7.82 Å². The van der Waals surface area contributed by atoms with Crippen LogP contribution in [0.1, 0.15) is 271 Å². The molecule has 0 saturated carbocycles. The second kappa shape index (κ2) is 48.7. The number of phosphoric acid groups is 1. The molecule has 9 heteroatoms. The lowest BCUT2D eigenvalue weighted by Gasteiger charge is -2.29. The van der Waals surface area contributed by atoms with Crippen molar-refractivity contribution in [1.29, 1.82) is 0 Å². The fourth-order valence-corrected chi connectivity index (χ4v) is 9.09. The number of amides is 1. The largest absolute Gasteiger partial charge is 0.756 e. The lowest BCUT2D eigenvalue weighted by atomic mass is 10.0. The van der Waals surface area contributed by atoms with E-state index in [9.17, 15) is 19.4 Å². The molecule has 0 rings (SSSR count). The topological polar surface area (TPSA) is 108 Å². The Morgan fingerprint density at radius 1 is 0.515 bits per heavy atom. The van der Waals surface area contributed by atoms with Gasteiger partial charge in [-0.3, -0.25) is 9.36 Å². The van der Waals surface area contributed by atoms with Gasteiger partial charge in [0.1, 0.15) is 13.2 Å². The van der Waals surface area contributed by atoms with E-state index in [1.54, 1.807) is 6.08 Å². The van der Waals surface area contributed by atoms with E-state index >= 15 is 0 Å². The van der Waals surface area contributed by atoms with Crippen LogP contribution in [0.2, 0.25) is 0 Å². The highest BCUT2D eigenvalue weighted by atomic mass is 31.2. The van der Waals surface area contributed by atoms with Crippen molar-refractivity contribution in [3.8, 4) is 0 Å². The minimum absolute atomic E-state index is 0.00771. The number of phosphoric ester groups is 1. The molecule has 8 nitrogen and oxygen atoms in total. The summed E-state index contributed by atoms with van der Waals surface area (Å²) < 4.78 is 23.2. The molecule has 0 aromatic rings. The van der Waals surface area contributed by atoms with Gasteiger partial charge in [-0.15, -0.1) is 0 Å². The number of rotatable bonds is 52. The molecule has 390 valence electrons. The van der Waals surface area contributed by atoms with Crippen LogP contribution in [0.5, 0.6) is 0 Å². The number of aliphatic hydroxyl groups excluding tert-OH is 1. The SMILES string of the molecule is CCCCCCCCCCCCCCCCCCCCCCCC/C=C/CC/C=C/CC/C=C/C(O)C(COP(=O)([O-])OCC[N+](C)(C)C)NC(=O)CCCCCCCCCCCCCC. The third-order valence-corrected chi connectivity index (χ3v) is 13.8. The molecule has 0 aromatic carbocycles. The van der Waals surface area contributed by atoms with Crippen LogP contribution in [0.15, 0.2) is 36.5 Å². The number of hydrogen-bond acceptors (Lipinski definition) is 6. The molecule has 0 aliphatic heterocycles. The minimum Gasteiger partial charge on any atom is -0.756 e. The van der Waals surface area contributed by atoms with Crippen LogP contribution in [-0.4, -0.2) is 68.5 Å². The van der Waals surface area contributed by atoms with E-state index in [2.05, 4.69) is 43.5 Å². The standard InChI is InChI=1S/C57H111N2O6P/c1-6-8-10-12-14-16-18-20-21-22-23-24-25-26-27-28-29-30-31-32-33-34-35-36-37-38-39-40-42-44-46-48-50-56(60)55(54-65-66(62,63)64-53-52-59(3,4)5)58-57(61)51-49-47-45-43-41-19-17-15-13-11-9-7-2/h36-37,40,42,48,50,55-56,60H,6-35,38-39,41,43-47,49,51-54H2,1-5H3,(H-,58,61,62,63)/b37-36+,42-40+,50-48+. The van der Waals surface area contributed by atoms with Crippen molar-refractivity contribution in [2.45, 2.75) is 283 Å². The molecule has 0 heterocycles. The molecule has 0 saturated heterocycles. The maximum atomic E-state index is 12.9. The number of carbonyl (C=O) groups excluding carboxylic acids is 1. The summed E-state index contributed by atoms with van der Waals surface area (Å²) in [4.78, 5) is 25.4. The number of unbranched alkanes of at least 4 members (excludes halogenated alkanes) is 35. The van der Waals surface area contributed by atoms with Gasteiger partial charge in [0.2, 0.25) is 5.91 Å². The molecule has 0 aliphatic carbocycles. The quantitative estimate of drug-likeness (QED) is 0.0272. The monoisotopic (exact) mass is 951 g/mol. The number of hydrogen-bond donors (Lipinski definition) is 2. The Morgan fingerprint density at radius 2 is 0.848 bits per heavy atom. The maximum Gasteiger partial charge on any atom is 0.268 e. The van der Waals surface area contributed by atoms with Gasteiger partial charge in [0.05, 0.1) is 39.9 Å². The van der Waals surface area contributed by atoms with Crippen molar-refractivity contribution in [2.24, 2.45) is 0 Å². The van der Waals surface area contributed by atoms with Gasteiger partial charge in [0.25, 0.3) is 7.82 Å². The van der Waals surface area contributed by atoms with Crippen molar-refractivity contribution in [1.82, 2.24) is 5.32 Å². The van der Waals surface area contributed by atoms with Crippen LogP contribution in [-0.2, 0) is 18.4 Å². The number of likely N-dealkylation sites (N-methyl/N-ethyl adjacent to an activating group) is 1. The molecule has 66 heavy (non-hydrogen) atoms. The first kappa shape index (κ1) is 64.7. The second-order valence-electron chi connectivity index (χ2n) is 20.6. The average Bonchev–Trinajstić information content (AvgIpc) is 3.28. The van der Waals surface area contributed by atoms with Crippen molar-refractivity contribution >= 4 is 13.7 Å². The summed E-state index contributed by atoms with van der Waals surface area (Å²) in [5, 5.41) is 13.8. The van der Waals surface area contributed by atoms with Gasteiger partial charge in [-0.1, -0.05) is 256 Å². The van der Waals surface area contributed by atoms with E-state index < -0.39 is 26.6 Å². The van der Waals surface area contributed by atoms with Gasteiger partial charge >= 0.3 is 0 Å². The molecule has 3 unspecified atom stereocenters. The van der Waals surface area contributed by atoms with Crippen molar-refractivity contribution in [2.75, 3.05) is 40.9 Å². The van der Waals surface area contributed by atoms with E-state index in [1.165, 1.54) is 205 Å². The Bertz CT molecular complexity index is 1170. The number of nitrogens with one attached hydrogen (secondary N) is 1. The Balaban J connectivity index is 4.13. The Kier molecular flexibility index (Phi) is 47.8. The third-order valence-electron chi connectivity index (χ3n) is 12.8. The molecule has 0 aliphatic rings. The van der Waals surface area contributed by atoms with Gasteiger partial charge in [0.15, 0.2) is 0 Å². The summed E-state index contributed by atoms with van der Waals surface area (Å²) in [6.45, 7) is 4.63. The maximum absolute atomic E-state index is 12.9. The van der Waals surface area contributed by atoms with Crippen LogP contribution in [0, 0.1) is 0 Å². The van der Waals surface area contributed by atoms with Crippen LogP contribution in [0.25, 0.3) is 0 Å². The first-order valence-electron chi connectivity index (χ1n) is 28.4. The zero-order valence-electron chi connectivity index (χ0n) is 44.4. The summed E-state index contributed by atoms with van der Waals surface area (Å²) in [6, 6.07) is -0.906. The molecule has 0 radical (unpaired) electrons. The molecular weight excluding hydrogens is 840 g/mol. The highest BCUT2D eigenvalue weighted by Gasteiger charge is 2.23. The number of quaternary nitrogens is 1. The Hall–Kier alpha value is -1.28. The summed E-state index contributed by atoms with van der Waals surface area (Å²) >= 11 is 0. The number of carbonyl (C=O) groups is 1. The number of allylic oxidation sites excluding steroid dienone is 5. The summed E-state index contributed by atoms with van der Waals surface area (Å²) in [7, 11) is 1.24. The van der Waals surface area contributed by atoms with Gasteiger partial charge < -0.3 is 28.8 Å². The van der Waals surface area contributed by atoms with Gasteiger partial charge in [-0.25, -0.2) is 0 Å². The molecule has 0 fully saturated rings. The van der Waals surface area contributed by atoms with E-state index in [1.807, 2.05) is 27.2 Å².